The van der Waals surface area contributed by atoms with Crippen LogP contribution in [-0.2, 0) is 5.54 Å². The van der Waals surface area contributed by atoms with Crippen LogP contribution in [0.25, 0.3) is 0 Å². The molecule has 2 heterocycles. The molecule has 0 radical (unpaired) electrons. The Balaban J connectivity index is 2.06. The van der Waals surface area contributed by atoms with E-state index in [2.05, 4.69) is 16.9 Å². The van der Waals surface area contributed by atoms with Crippen LogP contribution in [0.4, 0.5) is 0 Å². The Morgan fingerprint density at radius 3 is 2.94 bits per heavy atom. The third-order valence-electron chi connectivity index (χ3n) is 3.05. The van der Waals surface area contributed by atoms with E-state index >= 15 is 0 Å². The average Bonchev–Trinajstić information content (AvgIpc) is 2.97. The fourth-order valence-corrected chi connectivity index (χ4v) is 2.03. The number of rotatable bonds is 2. The van der Waals surface area contributed by atoms with Crippen molar-refractivity contribution in [3.05, 3.63) is 23.8 Å². The Morgan fingerprint density at radius 1 is 1.31 bits per heavy atom. The molecule has 1 aromatic rings. The van der Waals surface area contributed by atoms with E-state index in [4.69, 9.17) is 9.47 Å². The van der Waals surface area contributed by atoms with Gasteiger partial charge in [-0.3, -0.25) is 4.99 Å². The summed E-state index contributed by atoms with van der Waals surface area (Å²) in [7, 11) is 0. The molecule has 0 aliphatic carbocycles. The van der Waals surface area contributed by atoms with Crippen molar-refractivity contribution < 1.29 is 9.47 Å². The lowest BCUT2D eigenvalue weighted by Crippen LogP contribution is -2.22. The monoisotopic (exact) mass is 216 g/mol. The summed E-state index contributed by atoms with van der Waals surface area (Å²) in [6, 6.07) is 5.93. The van der Waals surface area contributed by atoms with Gasteiger partial charge in [0, 0.05) is 6.21 Å². The number of hydrogen-bond acceptors (Lipinski definition) is 4. The molecule has 4 nitrogen and oxygen atoms in total. The molecule has 1 unspecified atom stereocenters. The molecule has 0 bridgehead atoms. The van der Waals surface area contributed by atoms with Gasteiger partial charge in [0.25, 0.3) is 0 Å². The van der Waals surface area contributed by atoms with Crippen molar-refractivity contribution in [2.24, 2.45) is 9.98 Å². The number of fused-ring (bicyclic) bond motifs is 1. The van der Waals surface area contributed by atoms with Gasteiger partial charge >= 0.3 is 0 Å². The van der Waals surface area contributed by atoms with Crippen LogP contribution in [0.5, 0.6) is 11.5 Å². The SMILES string of the molecule is CCC1(c2ccc3c(c2)OCO3)C=NC=N1. The Morgan fingerprint density at radius 2 is 2.19 bits per heavy atom. The molecule has 0 saturated carbocycles. The van der Waals surface area contributed by atoms with Crippen molar-refractivity contribution >= 4 is 12.6 Å². The minimum absolute atomic E-state index is 0.301. The minimum atomic E-state index is -0.318. The molecule has 2 aliphatic rings. The zero-order valence-electron chi connectivity index (χ0n) is 9.01. The van der Waals surface area contributed by atoms with E-state index in [1.807, 2.05) is 24.4 Å². The number of ether oxygens (including phenoxy) is 2. The molecule has 0 fully saturated rings. The topological polar surface area (TPSA) is 43.2 Å². The molecular weight excluding hydrogens is 204 g/mol. The summed E-state index contributed by atoms with van der Waals surface area (Å²) in [5, 5.41) is 0. The first-order chi connectivity index (χ1) is 7.84. The molecule has 1 aromatic carbocycles. The molecule has 82 valence electrons. The maximum atomic E-state index is 5.37. The summed E-state index contributed by atoms with van der Waals surface area (Å²) in [4.78, 5) is 8.53. The highest BCUT2D eigenvalue weighted by Gasteiger charge is 2.31. The summed E-state index contributed by atoms with van der Waals surface area (Å²) in [5.74, 6) is 1.59. The number of benzene rings is 1. The molecule has 0 spiro atoms. The van der Waals surface area contributed by atoms with Gasteiger partial charge in [-0.2, -0.15) is 0 Å². The van der Waals surface area contributed by atoms with Gasteiger partial charge in [-0.1, -0.05) is 13.0 Å². The standard InChI is InChI=1S/C12H12N2O2/c1-2-12(6-13-7-14-12)9-3-4-10-11(5-9)16-8-15-10/h3-7H,2,8H2,1H3. The summed E-state index contributed by atoms with van der Waals surface area (Å²) >= 11 is 0. The molecule has 2 aliphatic heterocycles. The van der Waals surface area contributed by atoms with Crippen molar-refractivity contribution in [2.75, 3.05) is 6.79 Å². The second-order valence-corrected chi connectivity index (χ2v) is 3.87. The fraction of sp³-hybridized carbons (Fsp3) is 0.333. The third-order valence-corrected chi connectivity index (χ3v) is 3.05. The molecule has 0 N–H and O–H groups in total. The Kier molecular flexibility index (Phi) is 1.96. The van der Waals surface area contributed by atoms with E-state index in [1.54, 1.807) is 6.34 Å². The van der Waals surface area contributed by atoms with E-state index < -0.39 is 0 Å². The third kappa shape index (κ3) is 1.23. The number of nitrogens with zero attached hydrogens (tertiary/aromatic N) is 2. The van der Waals surface area contributed by atoms with E-state index in [-0.39, 0.29) is 5.54 Å². The predicted octanol–water partition coefficient (Wildman–Crippen LogP) is 2.13. The molecular formula is C12H12N2O2. The second-order valence-electron chi connectivity index (χ2n) is 3.87. The van der Waals surface area contributed by atoms with Crippen LogP contribution in [0.1, 0.15) is 18.9 Å². The molecule has 16 heavy (non-hydrogen) atoms. The van der Waals surface area contributed by atoms with Crippen LogP contribution >= 0.6 is 0 Å². The number of hydrogen-bond donors (Lipinski definition) is 0. The lowest BCUT2D eigenvalue weighted by molar-refractivity contribution is 0.174. The van der Waals surface area contributed by atoms with Crippen LogP contribution in [0, 0.1) is 0 Å². The summed E-state index contributed by atoms with van der Waals surface area (Å²) < 4.78 is 10.7. The van der Waals surface area contributed by atoms with Crippen LogP contribution in [-0.4, -0.2) is 19.3 Å². The second kappa shape index (κ2) is 3.33. The highest BCUT2D eigenvalue weighted by Crippen LogP contribution is 2.38. The Hall–Kier alpha value is -1.84. The summed E-state index contributed by atoms with van der Waals surface area (Å²) in [6.45, 7) is 2.40. The lowest BCUT2D eigenvalue weighted by atomic mass is 9.89. The number of aliphatic imine (C=N–C) groups is 2. The van der Waals surface area contributed by atoms with Gasteiger partial charge in [-0.25, -0.2) is 4.99 Å². The molecule has 0 aromatic heterocycles. The zero-order valence-corrected chi connectivity index (χ0v) is 9.01. The first-order valence-electron chi connectivity index (χ1n) is 5.32. The highest BCUT2D eigenvalue weighted by atomic mass is 16.7. The van der Waals surface area contributed by atoms with E-state index in [1.165, 1.54) is 0 Å². The first-order valence-corrected chi connectivity index (χ1v) is 5.32. The normalized spacial score (nSPS) is 25.3. The van der Waals surface area contributed by atoms with Crippen LogP contribution in [0.2, 0.25) is 0 Å². The van der Waals surface area contributed by atoms with Crippen molar-refractivity contribution in [1.82, 2.24) is 0 Å². The highest BCUT2D eigenvalue weighted by molar-refractivity contribution is 5.87. The minimum Gasteiger partial charge on any atom is -0.454 e. The van der Waals surface area contributed by atoms with Gasteiger partial charge in [0.1, 0.15) is 11.9 Å². The Bertz CT molecular complexity index is 468. The van der Waals surface area contributed by atoms with E-state index in [0.717, 1.165) is 23.5 Å². The largest absolute Gasteiger partial charge is 0.454 e. The van der Waals surface area contributed by atoms with Gasteiger partial charge < -0.3 is 9.47 Å². The van der Waals surface area contributed by atoms with Crippen LogP contribution in [0.15, 0.2) is 28.2 Å². The fourth-order valence-electron chi connectivity index (χ4n) is 2.03. The Labute approximate surface area is 93.6 Å². The van der Waals surface area contributed by atoms with Gasteiger partial charge in [0.2, 0.25) is 6.79 Å². The lowest BCUT2D eigenvalue weighted by Gasteiger charge is -2.21. The summed E-state index contributed by atoms with van der Waals surface area (Å²) in [5.41, 5.74) is 0.776. The predicted molar refractivity (Wildman–Crippen MR) is 61.5 cm³/mol. The maximum absolute atomic E-state index is 5.37. The van der Waals surface area contributed by atoms with Gasteiger partial charge in [0.05, 0.1) is 0 Å². The van der Waals surface area contributed by atoms with Crippen molar-refractivity contribution in [1.29, 1.82) is 0 Å². The average molecular weight is 216 g/mol. The van der Waals surface area contributed by atoms with Crippen LogP contribution in [0.3, 0.4) is 0 Å². The van der Waals surface area contributed by atoms with Crippen molar-refractivity contribution in [3.63, 3.8) is 0 Å². The van der Waals surface area contributed by atoms with Gasteiger partial charge in [-0.05, 0) is 24.1 Å². The molecule has 1 atom stereocenters. The van der Waals surface area contributed by atoms with Crippen LogP contribution < -0.4 is 9.47 Å². The maximum Gasteiger partial charge on any atom is 0.231 e. The smallest absolute Gasteiger partial charge is 0.231 e. The molecule has 0 amide bonds. The molecule has 3 rings (SSSR count). The van der Waals surface area contributed by atoms with Crippen molar-refractivity contribution in [3.8, 4) is 11.5 Å². The van der Waals surface area contributed by atoms with Gasteiger partial charge in [0.15, 0.2) is 11.5 Å². The van der Waals surface area contributed by atoms with E-state index in [9.17, 15) is 0 Å². The quantitative estimate of drug-likeness (QED) is 0.760. The zero-order chi connectivity index (χ0) is 11.0. The van der Waals surface area contributed by atoms with Gasteiger partial charge in [-0.15, -0.1) is 0 Å². The first kappa shape index (κ1) is 9.39. The summed E-state index contributed by atoms with van der Waals surface area (Å²) in [6.07, 6.45) is 4.37. The van der Waals surface area contributed by atoms with E-state index in [0.29, 0.717) is 6.79 Å². The molecule has 0 saturated heterocycles. The van der Waals surface area contributed by atoms with Crippen molar-refractivity contribution in [2.45, 2.75) is 18.9 Å². The molecule has 4 heteroatoms.